The van der Waals surface area contributed by atoms with E-state index < -0.39 is 0 Å². The standard InChI is InChI=1S/C24H23N4/c1-19(20-6-3-2-4-7-20)21-10-12-23(13-11-21)27(22-8-5-9-22)28-15-14-25-16-24(28)17-26-18-28/h2-4,6-7,10-18,22H,1,5,8-9H2/q+1. The Morgan fingerprint density at radius 1 is 0.964 bits per heavy atom. The number of aliphatic imine (C=N–C) groups is 2. The van der Waals surface area contributed by atoms with E-state index in [9.17, 15) is 0 Å². The number of fused-ring (bicyclic) bond motifs is 1. The van der Waals surface area contributed by atoms with Crippen LogP contribution in [0.2, 0.25) is 0 Å². The molecule has 4 heteroatoms. The number of quaternary nitrogens is 1. The van der Waals surface area contributed by atoms with Crippen molar-refractivity contribution in [3.8, 4) is 0 Å². The van der Waals surface area contributed by atoms with Gasteiger partial charge in [0.15, 0.2) is 6.20 Å². The number of hydrogen-bond donors (Lipinski definition) is 0. The molecule has 2 aromatic rings. The van der Waals surface area contributed by atoms with Gasteiger partial charge in [-0.3, -0.25) is 4.99 Å². The van der Waals surface area contributed by atoms with E-state index in [4.69, 9.17) is 0 Å². The Kier molecular flexibility index (Phi) is 4.06. The molecule has 1 atom stereocenters. The van der Waals surface area contributed by atoms with Gasteiger partial charge in [-0.2, -0.15) is 0 Å². The average Bonchev–Trinajstić information content (AvgIpc) is 3.15. The topological polar surface area (TPSA) is 28.0 Å². The second-order valence-corrected chi connectivity index (χ2v) is 7.45. The highest BCUT2D eigenvalue weighted by Gasteiger charge is 2.46. The van der Waals surface area contributed by atoms with Crippen molar-refractivity contribution in [2.45, 2.75) is 25.3 Å². The number of allylic oxidation sites excluding steroid dienone is 1. The molecule has 3 aliphatic rings. The van der Waals surface area contributed by atoms with Crippen LogP contribution in [0.3, 0.4) is 0 Å². The molecule has 28 heavy (non-hydrogen) atoms. The molecule has 138 valence electrons. The van der Waals surface area contributed by atoms with E-state index in [1.165, 1.54) is 24.9 Å². The number of nitrogens with zero attached hydrogens (tertiary/aromatic N) is 4. The van der Waals surface area contributed by atoms with Crippen molar-refractivity contribution in [1.29, 1.82) is 0 Å². The van der Waals surface area contributed by atoms with Crippen molar-refractivity contribution in [2.75, 3.05) is 5.01 Å². The number of hydrogen-bond acceptors (Lipinski definition) is 3. The second kappa shape index (κ2) is 6.73. The largest absolute Gasteiger partial charge is 0.253 e. The summed E-state index contributed by atoms with van der Waals surface area (Å²) < 4.78 is 0.493. The molecule has 0 radical (unpaired) electrons. The molecule has 0 aromatic heterocycles. The van der Waals surface area contributed by atoms with E-state index in [2.05, 4.69) is 64.2 Å². The van der Waals surface area contributed by atoms with Crippen molar-refractivity contribution >= 4 is 23.8 Å². The second-order valence-electron chi connectivity index (χ2n) is 7.45. The molecule has 0 spiro atoms. The third kappa shape index (κ3) is 2.65. The minimum atomic E-state index is 0.493. The van der Waals surface area contributed by atoms with E-state index in [1.807, 2.05) is 43.2 Å². The Hall–Kier alpha value is -3.24. The summed E-state index contributed by atoms with van der Waals surface area (Å²) in [5.74, 6) is 0. The predicted octanol–water partition coefficient (Wildman–Crippen LogP) is 5.28. The minimum Gasteiger partial charge on any atom is -0.253 e. The molecule has 0 amide bonds. The third-order valence-corrected chi connectivity index (χ3v) is 5.83. The van der Waals surface area contributed by atoms with Crippen molar-refractivity contribution in [3.05, 3.63) is 96.6 Å². The average molecular weight is 367 g/mol. The smallest absolute Gasteiger partial charge is 0.225 e. The molecular formula is C24H23N4+. The van der Waals surface area contributed by atoms with Gasteiger partial charge in [-0.25, -0.2) is 10.0 Å². The van der Waals surface area contributed by atoms with Gasteiger partial charge in [-0.05, 0) is 48.1 Å². The lowest BCUT2D eigenvalue weighted by Gasteiger charge is -2.46. The van der Waals surface area contributed by atoms with E-state index in [-0.39, 0.29) is 0 Å². The Morgan fingerprint density at radius 3 is 2.43 bits per heavy atom. The maximum atomic E-state index is 4.46. The Labute approximate surface area is 165 Å². The molecule has 0 N–H and O–H groups in total. The predicted molar refractivity (Wildman–Crippen MR) is 116 cm³/mol. The fourth-order valence-electron chi connectivity index (χ4n) is 4.06. The SMILES string of the molecule is C=C(c1ccccc1)c1ccc(N(C2CCC2)[N+]23C=CN=CC2=CN=C3)cc1. The van der Waals surface area contributed by atoms with Crippen LogP contribution in [0.15, 0.2) is 95.5 Å². The summed E-state index contributed by atoms with van der Waals surface area (Å²) in [6, 6.07) is 19.6. The van der Waals surface area contributed by atoms with Gasteiger partial charge in [-0.15, -0.1) is 4.59 Å². The summed E-state index contributed by atoms with van der Waals surface area (Å²) in [7, 11) is 0. The van der Waals surface area contributed by atoms with Gasteiger partial charge in [-0.1, -0.05) is 49.0 Å². The van der Waals surface area contributed by atoms with Gasteiger partial charge in [0.1, 0.15) is 0 Å². The molecule has 1 saturated carbocycles. The number of rotatable bonds is 5. The normalized spacial score (nSPS) is 22.5. The fraction of sp³-hybridized carbons (Fsp3) is 0.167. The first-order valence-corrected chi connectivity index (χ1v) is 9.77. The molecule has 1 aliphatic carbocycles. The molecule has 2 heterocycles. The Balaban J connectivity index is 1.50. The van der Waals surface area contributed by atoms with Crippen molar-refractivity contribution in [1.82, 2.24) is 0 Å². The summed E-state index contributed by atoms with van der Waals surface area (Å²) in [6.07, 6.45) is 13.5. The molecule has 1 fully saturated rings. The van der Waals surface area contributed by atoms with Crippen molar-refractivity contribution < 1.29 is 4.59 Å². The molecule has 1 unspecified atom stereocenters. The first kappa shape index (κ1) is 16.9. The summed E-state index contributed by atoms with van der Waals surface area (Å²) in [6.45, 7) is 4.30. The zero-order valence-electron chi connectivity index (χ0n) is 15.8. The van der Waals surface area contributed by atoms with E-state index >= 15 is 0 Å². The molecule has 2 aromatic carbocycles. The Morgan fingerprint density at radius 2 is 1.71 bits per heavy atom. The van der Waals surface area contributed by atoms with Gasteiger partial charge >= 0.3 is 0 Å². The molecule has 0 bridgehead atoms. The first-order valence-electron chi connectivity index (χ1n) is 9.77. The van der Waals surface area contributed by atoms with E-state index in [0.717, 1.165) is 22.4 Å². The first-order chi connectivity index (χ1) is 13.8. The molecule has 4 nitrogen and oxygen atoms in total. The quantitative estimate of drug-likeness (QED) is 0.661. The lowest BCUT2D eigenvalue weighted by atomic mass is 9.91. The summed E-state index contributed by atoms with van der Waals surface area (Å²) in [4.78, 5) is 8.77. The van der Waals surface area contributed by atoms with Crippen LogP contribution in [0, 0.1) is 0 Å². The van der Waals surface area contributed by atoms with Crippen LogP contribution in [0.4, 0.5) is 5.69 Å². The summed E-state index contributed by atoms with van der Waals surface area (Å²) in [5, 5.41) is 2.46. The summed E-state index contributed by atoms with van der Waals surface area (Å²) >= 11 is 0. The zero-order valence-corrected chi connectivity index (χ0v) is 15.8. The summed E-state index contributed by atoms with van der Waals surface area (Å²) in [5.41, 5.74) is 5.61. The maximum absolute atomic E-state index is 4.46. The Bertz CT molecular complexity index is 1010. The van der Waals surface area contributed by atoms with Crippen LogP contribution in [0.5, 0.6) is 0 Å². The van der Waals surface area contributed by atoms with Crippen molar-refractivity contribution in [2.24, 2.45) is 9.98 Å². The lowest BCUT2D eigenvalue weighted by Crippen LogP contribution is -2.61. The van der Waals surface area contributed by atoms with Gasteiger partial charge < -0.3 is 0 Å². The van der Waals surface area contributed by atoms with Crippen LogP contribution in [0.25, 0.3) is 5.57 Å². The fourth-order valence-corrected chi connectivity index (χ4v) is 4.06. The van der Waals surface area contributed by atoms with Gasteiger partial charge in [0, 0.05) is 0 Å². The van der Waals surface area contributed by atoms with Crippen molar-refractivity contribution in [3.63, 3.8) is 0 Å². The van der Waals surface area contributed by atoms with Crippen LogP contribution >= 0.6 is 0 Å². The molecule has 0 saturated heterocycles. The lowest BCUT2D eigenvalue weighted by molar-refractivity contribution is -0.746. The van der Waals surface area contributed by atoms with Gasteiger partial charge in [0.2, 0.25) is 12.0 Å². The monoisotopic (exact) mass is 367 g/mol. The van der Waals surface area contributed by atoms with E-state index in [0.29, 0.717) is 10.6 Å². The van der Waals surface area contributed by atoms with Gasteiger partial charge in [0.25, 0.3) is 0 Å². The minimum absolute atomic E-state index is 0.493. The van der Waals surface area contributed by atoms with Crippen LogP contribution in [-0.2, 0) is 0 Å². The van der Waals surface area contributed by atoms with Gasteiger partial charge in [0.05, 0.1) is 30.3 Å². The van der Waals surface area contributed by atoms with Crippen LogP contribution in [0.1, 0.15) is 30.4 Å². The molecular weight excluding hydrogens is 344 g/mol. The highest BCUT2D eigenvalue weighted by molar-refractivity contribution is 5.83. The third-order valence-electron chi connectivity index (χ3n) is 5.83. The zero-order chi connectivity index (χ0) is 19.0. The van der Waals surface area contributed by atoms with E-state index in [1.54, 1.807) is 0 Å². The molecule has 5 rings (SSSR count). The number of benzene rings is 2. The highest BCUT2D eigenvalue weighted by atomic mass is 15.8. The number of anilines is 1. The molecule has 2 aliphatic heterocycles. The van der Waals surface area contributed by atoms with Crippen LogP contribution in [-0.4, -0.2) is 23.2 Å². The maximum Gasteiger partial charge on any atom is 0.225 e. The van der Waals surface area contributed by atoms with Crippen LogP contribution < -0.4 is 5.01 Å². The highest BCUT2D eigenvalue weighted by Crippen LogP contribution is 2.39.